The fourth-order valence-corrected chi connectivity index (χ4v) is 1.78. The number of alkyl halides is 1. The predicted molar refractivity (Wildman–Crippen MR) is 63.0 cm³/mol. The average molecular weight is 257 g/mol. The zero-order valence-corrected chi connectivity index (χ0v) is 9.85. The van der Waals surface area contributed by atoms with Gasteiger partial charge in [0.15, 0.2) is 6.10 Å². The van der Waals surface area contributed by atoms with Crippen molar-refractivity contribution in [2.24, 2.45) is 0 Å². The van der Waals surface area contributed by atoms with Gasteiger partial charge in [-0.1, -0.05) is 18.2 Å². The molecule has 0 fully saturated rings. The minimum absolute atomic E-state index is 0.133. The van der Waals surface area contributed by atoms with E-state index in [0.29, 0.717) is 18.4 Å². The number of carbonyl (C=O) groups is 2. The molecule has 0 heterocycles. The summed E-state index contributed by atoms with van der Waals surface area (Å²) in [5.74, 6) is -1.18. The highest BCUT2D eigenvalue weighted by atomic mass is 35.5. The molecule has 4 nitrogen and oxygen atoms in total. The minimum Gasteiger partial charge on any atom is -0.479 e. The van der Waals surface area contributed by atoms with Gasteiger partial charge in [-0.25, -0.2) is 4.79 Å². The van der Waals surface area contributed by atoms with Crippen molar-refractivity contribution in [1.29, 1.82) is 0 Å². The lowest BCUT2D eigenvalue weighted by Gasteiger charge is -2.12. The van der Waals surface area contributed by atoms with E-state index in [1.165, 1.54) is 0 Å². The van der Waals surface area contributed by atoms with Crippen molar-refractivity contribution >= 4 is 23.9 Å². The predicted octanol–water partition coefficient (Wildman–Crippen LogP) is 1.67. The van der Waals surface area contributed by atoms with Crippen LogP contribution in [-0.4, -0.2) is 22.5 Å². The molecular weight excluding hydrogens is 244 g/mol. The third-order valence-electron chi connectivity index (χ3n) is 2.43. The van der Waals surface area contributed by atoms with E-state index in [1.54, 1.807) is 18.2 Å². The molecule has 2 N–H and O–H groups in total. The molecule has 0 amide bonds. The Morgan fingerprint density at radius 2 is 2.18 bits per heavy atom. The number of aryl methyl sites for hydroxylation is 1. The number of hydrogen-bond acceptors (Lipinski definition) is 3. The van der Waals surface area contributed by atoms with Gasteiger partial charge in [-0.15, -0.1) is 11.6 Å². The average Bonchev–Trinajstić information content (AvgIpc) is 2.34. The lowest BCUT2D eigenvalue weighted by molar-refractivity contribution is -0.147. The van der Waals surface area contributed by atoms with Crippen LogP contribution in [0.25, 0.3) is 0 Å². The molecule has 1 unspecified atom stereocenters. The van der Waals surface area contributed by atoms with E-state index in [9.17, 15) is 14.7 Å². The molecule has 0 bridgehead atoms. The number of carboxylic acid groups (broad SMARTS) is 1. The maximum Gasteiger partial charge on any atom is 0.337 e. The number of carboxylic acids is 1. The first-order valence-electron chi connectivity index (χ1n) is 5.12. The number of aliphatic hydroxyl groups is 1. The summed E-state index contributed by atoms with van der Waals surface area (Å²) in [5, 5.41) is 18.3. The highest BCUT2D eigenvalue weighted by molar-refractivity contribution is 6.17. The topological polar surface area (TPSA) is 74.6 Å². The fourth-order valence-electron chi connectivity index (χ4n) is 1.53. The lowest BCUT2D eigenvalue weighted by Crippen LogP contribution is -2.13. The molecule has 1 aromatic rings. The van der Waals surface area contributed by atoms with Gasteiger partial charge in [-0.3, -0.25) is 0 Å². The summed E-state index contributed by atoms with van der Waals surface area (Å²) in [6.07, 6.45) is 0.0942. The van der Waals surface area contributed by atoms with Crippen molar-refractivity contribution in [3.05, 3.63) is 34.9 Å². The maximum absolute atomic E-state index is 10.7. The molecule has 0 aliphatic carbocycles. The van der Waals surface area contributed by atoms with Gasteiger partial charge in [0.25, 0.3) is 0 Å². The highest BCUT2D eigenvalue weighted by Gasteiger charge is 2.19. The molecule has 17 heavy (non-hydrogen) atoms. The van der Waals surface area contributed by atoms with Crippen LogP contribution in [0.3, 0.4) is 0 Å². The number of rotatable bonds is 6. The number of aliphatic carboxylic acids is 1. The first kappa shape index (κ1) is 13.7. The summed E-state index contributed by atoms with van der Waals surface area (Å²) in [6, 6.07) is 5.04. The van der Waals surface area contributed by atoms with Gasteiger partial charge < -0.3 is 15.0 Å². The summed E-state index contributed by atoms with van der Waals surface area (Å²) in [7, 11) is 0. The third-order valence-corrected chi connectivity index (χ3v) is 2.72. The molecule has 0 spiro atoms. The Kier molecular flexibility index (Phi) is 5.12. The van der Waals surface area contributed by atoms with Crippen molar-refractivity contribution < 1.29 is 19.8 Å². The SMILES string of the molecule is O=CCCc1ccc(CCl)c(C(O)C(=O)O)c1. The molecule has 1 atom stereocenters. The standard InChI is InChI=1S/C12H13ClO4/c13-7-9-4-3-8(2-1-5-14)6-10(9)11(15)12(16)17/h3-6,11,15H,1-2,7H2,(H,16,17). The van der Waals surface area contributed by atoms with E-state index in [1.807, 2.05) is 0 Å². The summed E-state index contributed by atoms with van der Waals surface area (Å²) in [4.78, 5) is 21.0. The van der Waals surface area contributed by atoms with Crippen molar-refractivity contribution in [3.63, 3.8) is 0 Å². The zero-order valence-electron chi connectivity index (χ0n) is 9.10. The van der Waals surface area contributed by atoms with Gasteiger partial charge in [0.05, 0.1) is 0 Å². The fraction of sp³-hybridized carbons (Fsp3) is 0.333. The monoisotopic (exact) mass is 256 g/mol. The van der Waals surface area contributed by atoms with Gasteiger partial charge in [0.2, 0.25) is 0 Å². The second-order valence-corrected chi connectivity index (χ2v) is 3.88. The first-order chi connectivity index (χ1) is 8.10. The van der Waals surface area contributed by atoms with Crippen LogP contribution in [0, 0.1) is 0 Å². The summed E-state index contributed by atoms with van der Waals surface area (Å²) >= 11 is 5.68. The molecule has 5 heteroatoms. The van der Waals surface area contributed by atoms with E-state index < -0.39 is 12.1 Å². The van der Waals surface area contributed by atoms with Gasteiger partial charge in [-0.05, 0) is 23.1 Å². The van der Waals surface area contributed by atoms with E-state index in [-0.39, 0.29) is 11.4 Å². The van der Waals surface area contributed by atoms with Crippen LogP contribution in [0.5, 0.6) is 0 Å². The Hall–Kier alpha value is -1.39. The van der Waals surface area contributed by atoms with Crippen LogP contribution < -0.4 is 0 Å². The van der Waals surface area contributed by atoms with Gasteiger partial charge >= 0.3 is 5.97 Å². The molecule has 0 radical (unpaired) electrons. The largest absolute Gasteiger partial charge is 0.479 e. The first-order valence-corrected chi connectivity index (χ1v) is 5.65. The molecule has 1 rings (SSSR count). The molecule has 1 aromatic carbocycles. The summed E-state index contributed by atoms with van der Waals surface area (Å²) in [5.41, 5.74) is 1.67. The number of benzene rings is 1. The van der Waals surface area contributed by atoms with Crippen molar-refractivity contribution in [1.82, 2.24) is 0 Å². The Labute approximate surface area is 104 Å². The Balaban J connectivity index is 3.05. The molecule has 0 aliphatic rings. The second-order valence-electron chi connectivity index (χ2n) is 3.61. The number of aldehydes is 1. The Morgan fingerprint density at radius 1 is 1.47 bits per heavy atom. The van der Waals surface area contributed by atoms with E-state index in [2.05, 4.69) is 0 Å². The van der Waals surface area contributed by atoms with E-state index in [0.717, 1.165) is 11.8 Å². The number of carbonyl (C=O) groups excluding carboxylic acids is 1. The van der Waals surface area contributed by atoms with Crippen molar-refractivity contribution in [3.8, 4) is 0 Å². The van der Waals surface area contributed by atoms with Crippen LogP contribution in [0.1, 0.15) is 29.2 Å². The summed E-state index contributed by atoms with van der Waals surface area (Å²) in [6.45, 7) is 0. The normalized spacial score (nSPS) is 12.1. The molecule has 0 aliphatic heterocycles. The number of hydrogen-bond donors (Lipinski definition) is 2. The van der Waals surface area contributed by atoms with Crippen LogP contribution in [0.15, 0.2) is 18.2 Å². The molecular formula is C12H13ClO4. The number of aliphatic hydroxyl groups excluding tert-OH is 1. The quantitative estimate of drug-likeness (QED) is 0.600. The number of halogens is 1. The zero-order chi connectivity index (χ0) is 12.8. The smallest absolute Gasteiger partial charge is 0.337 e. The summed E-state index contributed by atoms with van der Waals surface area (Å²) < 4.78 is 0. The van der Waals surface area contributed by atoms with Crippen LogP contribution in [0.4, 0.5) is 0 Å². The van der Waals surface area contributed by atoms with Gasteiger partial charge in [0.1, 0.15) is 6.29 Å². The second kappa shape index (κ2) is 6.37. The van der Waals surface area contributed by atoms with Crippen LogP contribution >= 0.6 is 11.6 Å². The third kappa shape index (κ3) is 3.54. The highest BCUT2D eigenvalue weighted by Crippen LogP contribution is 2.22. The Bertz CT molecular complexity index is 417. The minimum atomic E-state index is -1.58. The van der Waals surface area contributed by atoms with E-state index >= 15 is 0 Å². The van der Waals surface area contributed by atoms with Crippen LogP contribution in [-0.2, 0) is 21.9 Å². The lowest BCUT2D eigenvalue weighted by atomic mass is 9.98. The van der Waals surface area contributed by atoms with Crippen molar-refractivity contribution in [2.75, 3.05) is 0 Å². The molecule has 0 aromatic heterocycles. The van der Waals surface area contributed by atoms with Crippen molar-refractivity contribution in [2.45, 2.75) is 24.8 Å². The molecule has 92 valence electrons. The Morgan fingerprint density at radius 3 is 2.71 bits per heavy atom. The van der Waals surface area contributed by atoms with Crippen LogP contribution in [0.2, 0.25) is 0 Å². The molecule has 0 saturated carbocycles. The van der Waals surface area contributed by atoms with E-state index in [4.69, 9.17) is 16.7 Å². The molecule has 0 saturated heterocycles. The van der Waals surface area contributed by atoms with Gasteiger partial charge in [0, 0.05) is 12.3 Å². The van der Waals surface area contributed by atoms with Gasteiger partial charge in [-0.2, -0.15) is 0 Å². The maximum atomic E-state index is 10.7.